The normalized spacial score (nSPS) is 16.1. The monoisotopic (exact) mass is 341 g/mol. The number of hydrogen-bond donors (Lipinski definition) is 1. The van der Waals surface area contributed by atoms with E-state index in [1.165, 1.54) is 5.56 Å². The summed E-state index contributed by atoms with van der Waals surface area (Å²) in [6.07, 6.45) is 2.66. The predicted octanol–water partition coefficient (Wildman–Crippen LogP) is 3.46. The molecule has 5 heteroatoms. The zero-order valence-corrected chi connectivity index (χ0v) is 15.8. The van der Waals surface area contributed by atoms with Crippen molar-refractivity contribution in [2.45, 2.75) is 46.6 Å². The average molecular weight is 341 g/mol. The van der Waals surface area contributed by atoms with E-state index in [1.54, 1.807) is 0 Å². The smallest absolute Gasteiger partial charge is 0.356 e. The van der Waals surface area contributed by atoms with Crippen LogP contribution in [0.5, 0.6) is 0 Å². The molecular weight excluding hydrogens is 314 g/mol. The molecule has 0 amide bonds. The molecule has 0 saturated carbocycles. The summed E-state index contributed by atoms with van der Waals surface area (Å²) < 4.78 is 1.88. The van der Waals surface area contributed by atoms with Crippen LogP contribution in [0, 0.1) is 12.3 Å². The predicted molar refractivity (Wildman–Crippen MR) is 98.5 cm³/mol. The van der Waals surface area contributed by atoms with Gasteiger partial charge in [-0.15, -0.1) is 0 Å². The largest absolute Gasteiger partial charge is 0.476 e. The maximum absolute atomic E-state index is 11.8. The summed E-state index contributed by atoms with van der Waals surface area (Å²) in [4.78, 5) is 13.9. The van der Waals surface area contributed by atoms with Gasteiger partial charge in [0.1, 0.15) is 0 Å². The first-order valence-electron chi connectivity index (χ1n) is 8.77. The van der Waals surface area contributed by atoms with Gasteiger partial charge in [0.15, 0.2) is 5.69 Å². The Labute approximate surface area is 149 Å². The molecule has 0 aliphatic heterocycles. The molecular formula is C20H27N3O2. The topological polar surface area (TPSA) is 58.4 Å². The lowest BCUT2D eigenvalue weighted by atomic mass is 9.76. The number of aryl methyl sites for hydroxylation is 1. The second-order valence-electron chi connectivity index (χ2n) is 8.20. The van der Waals surface area contributed by atoms with Gasteiger partial charge in [-0.2, -0.15) is 5.10 Å². The summed E-state index contributed by atoms with van der Waals surface area (Å²) in [5, 5.41) is 14.2. The van der Waals surface area contributed by atoms with Crippen LogP contribution in [0.1, 0.15) is 53.1 Å². The van der Waals surface area contributed by atoms with E-state index in [0.29, 0.717) is 0 Å². The van der Waals surface area contributed by atoms with Crippen molar-refractivity contribution < 1.29 is 9.90 Å². The number of nitrogens with zero attached hydrogens (tertiary/aromatic N) is 3. The molecule has 5 nitrogen and oxygen atoms in total. The average Bonchev–Trinajstić information content (AvgIpc) is 2.84. The Morgan fingerprint density at radius 2 is 2.08 bits per heavy atom. The van der Waals surface area contributed by atoms with Crippen LogP contribution >= 0.6 is 0 Å². The number of benzene rings is 1. The highest BCUT2D eigenvalue weighted by atomic mass is 16.4. The molecule has 1 N–H and O–H groups in total. The number of carbonyl (C=O) groups is 1. The molecule has 3 rings (SSSR count). The van der Waals surface area contributed by atoms with Gasteiger partial charge in [-0.25, -0.2) is 9.48 Å². The van der Waals surface area contributed by atoms with Crippen LogP contribution < -0.4 is 0 Å². The van der Waals surface area contributed by atoms with Crippen LogP contribution in [0.25, 0.3) is 5.69 Å². The maximum Gasteiger partial charge on any atom is 0.356 e. The molecule has 0 unspecified atom stereocenters. The molecule has 0 spiro atoms. The minimum atomic E-state index is -0.936. The lowest BCUT2D eigenvalue weighted by molar-refractivity contribution is 0.0688. The molecule has 25 heavy (non-hydrogen) atoms. The van der Waals surface area contributed by atoms with Crippen LogP contribution in [0.4, 0.5) is 0 Å². The third-order valence-electron chi connectivity index (χ3n) is 4.94. The molecule has 0 bridgehead atoms. The molecule has 1 aromatic heterocycles. The molecule has 0 saturated heterocycles. The van der Waals surface area contributed by atoms with Crippen molar-refractivity contribution in [1.82, 2.24) is 14.7 Å². The van der Waals surface area contributed by atoms with E-state index >= 15 is 0 Å². The Morgan fingerprint density at radius 1 is 1.36 bits per heavy atom. The van der Waals surface area contributed by atoms with Gasteiger partial charge >= 0.3 is 5.97 Å². The first-order chi connectivity index (χ1) is 11.7. The number of hydrogen-bond acceptors (Lipinski definition) is 3. The molecule has 1 aromatic carbocycles. The summed E-state index contributed by atoms with van der Waals surface area (Å²) in [5.41, 5.74) is 5.63. The van der Waals surface area contributed by atoms with Gasteiger partial charge in [-0.1, -0.05) is 31.5 Å². The fraction of sp³-hybridized carbons (Fsp3) is 0.500. The van der Waals surface area contributed by atoms with Crippen LogP contribution in [0.15, 0.2) is 18.2 Å². The van der Waals surface area contributed by atoms with Crippen molar-refractivity contribution in [3.8, 4) is 5.69 Å². The van der Waals surface area contributed by atoms with Crippen LogP contribution in [-0.4, -0.2) is 39.9 Å². The van der Waals surface area contributed by atoms with Gasteiger partial charge in [-0.3, -0.25) is 0 Å². The number of carboxylic acids is 1. The van der Waals surface area contributed by atoms with Crippen molar-refractivity contribution in [2.24, 2.45) is 5.41 Å². The molecule has 0 fully saturated rings. The SMILES string of the molecule is Cc1ccc(-n2nc(C(=O)O)c3c2CCC(C)(C)C3)c(CN(C)C)c1. The number of aromatic carboxylic acids is 1. The van der Waals surface area contributed by atoms with Gasteiger partial charge in [0.05, 0.1) is 5.69 Å². The van der Waals surface area contributed by atoms with E-state index in [9.17, 15) is 9.90 Å². The second kappa shape index (κ2) is 6.30. The van der Waals surface area contributed by atoms with Crippen molar-refractivity contribution in [3.63, 3.8) is 0 Å². The second-order valence-corrected chi connectivity index (χ2v) is 8.20. The van der Waals surface area contributed by atoms with Crippen LogP contribution in [-0.2, 0) is 19.4 Å². The molecule has 0 radical (unpaired) electrons. The standard InChI is InChI=1S/C20H27N3O2/c1-13-6-7-16(14(10-13)12-22(4)5)23-17-8-9-20(2,3)11-15(17)18(21-23)19(24)25/h6-7,10H,8-9,11-12H2,1-5H3,(H,24,25). The van der Waals surface area contributed by atoms with Gasteiger partial charge in [0, 0.05) is 17.8 Å². The zero-order chi connectivity index (χ0) is 18.4. The molecule has 0 atom stereocenters. The van der Waals surface area contributed by atoms with Crippen molar-refractivity contribution >= 4 is 5.97 Å². The highest BCUT2D eigenvalue weighted by molar-refractivity contribution is 5.87. The van der Waals surface area contributed by atoms with E-state index in [4.69, 9.17) is 0 Å². The molecule has 1 heterocycles. The van der Waals surface area contributed by atoms with E-state index in [0.717, 1.165) is 48.3 Å². The molecule has 1 aliphatic rings. The Morgan fingerprint density at radius 3 is 2.72 bits per heavy atom. The number of fused-ring (bicyclic) bond motifs is 1. The lowest BCUT2D eigenvalue weighted by Crippen LogP contribution is -2.24. The molecule has 2 aromatic rings. The first-order valence-corrected chi connectivity index (χ1v) is 8.77. The summed E-state index contributed by atoms with van der Waals surface area (Å²) in [7, 11) is 4.08. The number of carboxylic acid groups (broad SMARTS) is 1. The zero-order valence-electron chi connectivity index (χ0n) is 15.8. The summed E-state index contributed by atoms with van der Waals surface area (Å²) in [6.45, 7) is 7.26. The minimum Gasteiger partial charge on any atom is -0.476 e. The van der Waals surface area contributed by atoms with Crippen molar-refractivity contribution in [2.75, 3.05) is 14.1 Å². The van der Waals surface area contributed by atoms with Gasteiger partial charge in [-0.05, 0) is 57.3 Å². The third kappa shape index (κ3) is 3.47. The van der Waals surface area contributed by atoms with E-state index in [2.05, 4.69) is 49.0 Å². The van der Waals surface area contributed by atoms with Crippen LogP contribution in [0.2, 0.25) is 0 Å². The van der Waals surface area contributed by atoms with E-state index < -0.39 is 5.97 Å². The number of rotatable bonds is 4. The quantitative estimate of drug-likeness (QED) is 0.925. The van der Waals surface area contributed by atoms with Crippen LogP contribution in [0.3, 0.4) is 0 Å². The molecule has 134 valence electrons. The summed E-state index contributed by atoms with van der Waals surface area (Å²) >= 11 is 0. The fourth-order valence-corrected chi connectivity index (χ4v) is 3.71. The highest BCUT2D eigenvalue weighted by Gasteiger charge is 2.33. The van der Waals surface area contributed by atoms with E-state index in [1.807, 2.05) is 18.8 Å². The van der Waals surface area contributed by atoms with E-state index in [-0.39, 0.29) is 11.1 Å². The van der Waals surface area contributed by atoms with Gasteiger partial charge in [0.2, 0.25) is 0 Å². The first kappa shape index (κ1) is 17.7. The minimum absolute atomic E-state index is 0.116. The Balaban J connectivity index is 2.18. The van der Waals surface area contributed by atoms with Gasteiger partial charge in [0.25, 0.3) is 0 Å². The van der Waals surface area contributed by atoms with Gasteiger partial charge < -0.3 is 10.0 Å². The Bertz CT molecular complexity index is 819. The molecule has 1 aliphatic carbocycles. The third-order valence-corrected chi connectivity index (χ3v) is 4.94. The Hall–Kier alpha value is -2.14. The number of aromatic nitrogens is 2. The summed E-state index contributed by atoms with van der Waals surface area (Å²) in [5.74, 6) is -0.936. The fourth-order valence-electron chi connectivity index (χ4n) is 3.71. The Kier molecular flexibility index (Phi) is 4.45. The highest BCUT2D eigenvalue weighted by Crippen LogP contribution is 2.37. The summed E-state index contributed by atoms with van der Waals surface area (Å²) in [6, 6.07) is 6.29. The lowest BCUT2D eigenvalue weighted by Gasteiger charge is -2.30. The van der Waals surface area contributed by atoms with Crippen molar-refractivity contribution in [3.05, 3.63) is 46.3 Å². The maximum atomic E-state index is 11.8. The van der Waals surface area contributed by atoms with Crippen molar-refractivity contribution in [1.29, 1.82) is 0 Å².